The summed E-state index contributed by atoms with van der Waals surface area (Å²) in [5.41, 5.74) is 0.685. The lowest BCUT2D eigenvalue weighted by molar-refractivity contribution is -0.115. The molecule has 1 N–H and O–H groups in total. The van der Waals surface area contributed by atoms with E-state index in [2.05, 4.69) is 10.5 Å². The maximum Gasteiger partial charge on any atom is 0.239 e. The largest absolute Gasteiger partial charge is 0.338 e. The number of aryl methyl sites for hydroxylation is 1. The fourth-order valence-corrected chi connectivity index (χ4v) is 2.31. The third-order valence-corrected chi connectivity index (χ3v) is 3.54. The smallest absolute Gasteiger partial charge is 0.239 e. The van der Waals surface area contributed by atoms with Crippen molar-refractivity contribution in [3.8, 4) is 0 Å². The minimum atomic E-state index is -0.442. The average molecular weight is 280 g/mol. The zero-order valence-electron chi connectivity index (χ0n) is 10.5. The van der Waals surface area contributed by atoms with E-state index in [0.717, 1.165) is 11.8 Å². The lowest BCUT2D eigenvalue weighted by atomic mass is 10.3. The number of aromatic nitrogens is 1. The summed E-state index contributed by atoms with van der Waals surface area (Å²) in [7, 11) is 0. The number of halogens is 1. The van der Waals surface area contributed by atoms with Crippen molar-refractivity contribution in [1.82, 2.24) is 5.16 Å². The van der Waals surface area contributed by atoms with Gasteiger partial charge in [-0.3, -0.25) is 10.1 Å². The van der Waals surface area contributed by atoms with Crippen molar-refractivity contribution in [3.63, 3.8) is 0 Å². The molecule has 0 aliphatic rings. The fourth-order valence-electron chi connectivity index (χ4n) is 1.43. The highest BCUT2D eigenvalue weighted by molar-refractivity contribution is 8.00. The Labute approximate surface area is 114 Å². The standard InChI is InChI=1S/C13H13FN2O2S/c1-8-7-12(18-16-8)15-13(17)9(2)19-11-6-4-3-5-10(11)14/h3-7,9H,1-2H3,(H,15,17). The first-order valence-electron chi connectivity index (χ1n) is 5.71. The van der Waals surface area contributed by atoms with E-state index in [1.807, 2.05) is 0 Å². The van der Waals surface area contributed by atoms with Gasteiger partial charge in [0.05, 0.1) is 10.9 Å². The van der Waals surface area contributed by atoms with Crippen molar-refractivity contribution >= 4 is 23.6 Å². The molecule has 0 aliphatic carbocycles. The molecule has 100 valence electrons. The van der Waals surface area contributed by atoms with E-state index in [9.17, 15) is 9.18 Å². The molecule has 4 nitrogen and oxygen atoms in total. The number of anilines is 1. The van der Waals surface area contributed by atoms with Crippen LogP contribution in [0.3, 0.4) is 0 Å². The molecule has 1 unspecified atom stereocenters. The van der Waals surface area contributed by atoms with Gasteiger partial charge in [-0.25, -0.2) is 4.39 Å². The van der Waals surface area contributed by atoms with Crippen molar-refractivity contribution in [2.24, 2.45) is 0 Å². The maximum absolute atomic E-state index is 13.5. The average Bonchev–Trinajstić information content (AvgIpc) is 2.77. The van der Waals surface area contributed by atoms with Crippen LogP contribution in [-0.4, -0.2) is 16.3 Å². The minimum absolute atomic E-state index is 0.260. The van der Waals surface area contributed by atoms with Gasteiger partial charge in [0.15, 0.2) is 0 Å². The molecule has 0 saturated heterocycles. The highest BCUT2D eigenvalue weighted by Gasteiger charge is 2.17. The summed E-state index contributed by atoms with van der Waals surface area (Å²) >= 11 is 1.16. The van der Waals surface area contributed by atoms with Crippen LogP contribution in [-0.2, 0) is 4.79 Å². The molecule has 0 aliphatic heterocycles. The van der Waals surface area contributed by atoms with Gasteiger partial charge in [-0.15, -0.1) is 11.8 Å². The van der Waals surface area contributed by atoms with E-state index in [-0.39, 0.29) is 11.7 Å². The normalized spacial score (nSPS) is 12.2. The number of amides is 1. The van der Waals surface area contributed by atoms with E-state index >= 15 is 0 Å². The predicted octanol–water partition coefficient (Wildman–Crippen LogP) is 3.24. The maximum atomic E-state index is 13.5. The third kappa shape index (κ3) is 3.57. The molecule has 0 spiro atoms. The van der Waals surface area contributed by atoms with Crippen LogP contribution in [0, 0.1) is 12.7 Å². The van der Waals surface area contributed by atoms with Gasteiger partial charge in [0.25, 0.3) is 0 Å². The summed E-state index contributed by atoms with van der Waals surface area (Å²) in [5.74, 6) is -0.296. The lowest BCUT2D eigenvalue weighted by Crippen LogP contribution is -2.22. The lowest BCUT2D eigenvalue weighted by Gasteiger charge is -2.10. The van der Waals surface area contributed by atoms with Crippen LogP contribution in [0.25, 0.3) is 0 Å². The van der Waals surface area contributed by atoms with Crippen LogP contribution >= 0.6 is 11.8 Å². The van der Waals surface area contributed by atoms with Crippen LogP contribution < -0.4 is 5.32 Å². The second-order valence-corrected chi connectivity index (χ2v) is 5.39. The molecule has 0 bridgehead atoms. The van der Waals surface area contributed by atoms with Crippen molar-refractivity contribution in [2.75, 3.05) is 5.32 Å². The molecule has 0 saturated carbocycles. The Balaban J connectivity index is 1.98. The predicted molar refractivity (Wildman–Crippen MR) is 71.6 cm³/mol. The number of hydrogen-bond donors (Lipinski definition) is 1. The molecule has 0 radical (unpaired) electrons. The molecule has 19 heavy (non-hydrogen) atoms. The number of carbonyl (C=O) groups excluding carboxylic acids is 1. The van der Waals surface area contributed by atoms with E-state index < -0.39 is 5.25 Å². The molecule has 6 heteroatoms. The zero-order chi connectivity index (χ0) is 13.8. The summed E-state index contributed by atoms with van der Waals surface area (Å²) in [6, 6.07) is 7.98. The van der Waals surface area contributed by atoms with Crippen LogP contribution in [0.4, 0.5) is 10.3 Å². The van der Waals surface area contributed by atoms with Gasteiger partial charge in [0.1, 0.15) is 5.82 Å². The van der Waals surface area contributed by atoms with E-state index in [1.54, 1.807) is 38.1 Å². The highest BCUT2D eigenvalue weighted by Crippen LogP contribution is 2.26. The molecule has 1 aromatic heterocycles. The van der Waals surface area contributed by atoms with Crippen LogP contribution in [0.1, 0.15) is 12.6 Å². The molecule has 1 atom stereocenters. The van der Waals surface area contributed by atoms with Gasteiger partial charge in [0, 0.05) is 11.0 Å². The first-order chi connectivity index (χ1) is 9.06. The second-order valence-electron chi connectivity index (χ2n) is 4.01. The summed E-state index contributed by atoms with van der Waals surface area (Å²) in [6.07, 6.45) is 0. The first-order valence-corrected chi connectivity index (χ1v) is 6.59. The van der Waals surface area contributed by atoms with Gasteiger partial charge in [-0.2, -0.15) is 0 Å². The Morgan fingerprint density at radius 3 is 2.84 bits per heavy atom. The SMILES string of the molecule is Cc1cc(NC(=O)C(C)Sc2ccccc2F)on1. The van der Waals surface area contributed by atoms with E-state index in [4.69, 9.17) is 4.52 Å². The summed E-state index contributed by atoms with van der Waals surface area (Å²) < 4.78 is 18.4. The molecule has 1 amide bonds. The quantitative estimate of drug-likeness (QED) is 0.873. The van der Waals surface area contributed by atoms with Gasteiger partial charge in [0.2, 0.25) is 11.8 Å². The van der Waals surface area contributed by atoms with E-state index in [1.165, 1.54) is 6.07 Å². The molecule has 2 rings (SSSR count). The Kier molecular flexibility index (Phi) is 4.21. The minimum Gasteiger partial charge on any atom is -0.338 e. The van der Waals surface area contributed by atoms with Gasteiger partial charge in [-0.1, -0.05) is 17.3 Å². The Morgan fingerprint density at radius 2 is 2.21 bits per heavy atom. The highest BCUT2D eigenvalue weighted by atomic mass is 32.2. The summed E-state index contributed by atoms with van der Waals surface area (Å²) in [5, 5.41) is 5.82. The Morgan fingerprint density at radius 1 is 1.47 bits per heavy atom. The van der Waals surface area contributed by atoms with Gasteiger partial charge in [-0.05, 0) is 26.0 Å². The number of rotatable bonds is 4. The third-order valence-electron chi connectivity index (χ3n) is 2.38. The fraction of sp³-hybridized carbons (Fsp3) is 0.231. The Bertz CT molecular complexity index is 586. The molecule has 2 aromatic rings. The van der Waals surface area contributed by atoms with Crippen molar-refractivity contribution in [3.05, 3.63) is 41.8 Å². The van der Waals surface area contributed by atoms with Crippen LogP contribution in [0.5, 0.6) is 0 Å². The first kappa shape index (κ1) is 13.6. The summed E-state index contributed by atoms with van der Waals surface area (Å²) in [4.78, 5) is 12.3. The molecule has 1 heterocycles. The van der Waals surface area contributed by atoms with E-state index in [0.29, 0.717) is 16.5 Å². The molecular weight excluding hydrogens is 267 g/mol. The zero-order valence-corrected chi connectivity index (χ0v) is 11.3. The monoisotopic (exact) mass is 280 g/mol. The van der Waals surface area contributed by atoms with Gasteiger partial charge < -0.3 is 4.52 Å². The van der Waals surface area contributed by atoms with Crippen molar-refractivity contribution in [2.45, 2.75) is 24.0 Å². The van der Waals surface area contributed by atoms with Crippen molar-refractivity contribution < 1.29 is 13.7 Å². The number of nitrogens with one attached hydrogen (secondary N) is 1. The second kappa shape index (κ2) is 5.88. The number of nitrogens with zero attached hydrogens (tertiary/aromatic N) is 1. The topological polar surface area (TPSA) is 55.1 Å². The van der Waals surface area contributed by atoms with Crippen LogP contribution in [0.15, 0.2) is 39.8 Å². The summed E-state index contributed by atoms with van der Waals surface area (Å²) in [6.45, 7) is 3.46. The number of hydrogen-bond acceptors (Lipinski definition) is 4. The van der Waals surface area contributed by atoms with Gasteiger partial charge >= 0.3 is 0 Å². The number of carbonyl (C=O) groups is 1. The molecule has 1 aromatic carbocycles. The Hall–Kier alpha value is -1.82. The number of thioether (sulfide) groups is 1. The molecule has 0 fully saturated rings. The number of benzene rings is 1. The van der Waals surface area contributed by atoms with Crippen LogP contribution in [0.2, 0.25) is 0 Å². The van der Waals surface area contributed by atoms with Crippen molar-refractivity contribution in [1.29, 1.82) is 0 Å². The molecular formula is C13H13FN2O2S.